The van der Waals surface area contributed by atoms with Crippen molar-refractivity contribution in [3.63, 3.8) is 0 Å². The molecule has 1 atom stereocenters. The molecule has 2 aromatic rings. The molecule has 0 amide bonds. The van der Waals surface area contributed by atoms with Crippen molar-refractivity contribution in [1.82, 2.24) is 14.3 Å². The first-order valence-corrected chi connectivity index (χ1v) is 6.73. The molecule has 0 saturated carbocycles. The maximum absolute atomic E-state index is 12.5. The van der Waals surface area contributed by atoms with Crippen molar-refractivity contribution in [2.75, 3.05) is 5.32 Å². The van der Waals surface area contributed by atoms with Crippen molar-refractivity contribution in [1.29, 1.82) is 0 Å². The second kappa shape index (κ2) is 5.53. The van der Waals surface area contributed by atoms with Crippen LogP contribution in [0.3, 0.4) is 0 Å². The Morgan fingerprint density at radius 1 is 1.30 bits per heavy atom. The monoisotopic (exact) mass is 322 g/mol. The molecule has 1 unspecified atom stereocenters. The number of hydrogen-bond acceptors (Lipinski definition) is 5. The zero-order valence-electron chi connectivity index (χ0n) is 10.5. The summed E-state index contributed by atoms with van der Waals surface area (Å²) in [6, 6.07) is 1.89. The van der Waals surface area contributed by atoms with Gasteiger partial charge in [0.1, 0.15) is 16.7 Å². The first kappa shape index (κ1) is 15.0. The molecular formula is C11H10ClF3N4S. The number of alkyl halides is 3. The lowest BCUT2D eigenvalue weighted by Gasteiger charge is -2.15. The van der Waals surface area contributed by atoms with E-state index < -0.39 is 11.9 Å². The van der Waals surface area contributed by atoms with Gasteiger partial charge in [0.25, 0.3) is 0 Å². The summed E-state index contributed by atoms with van der Waals surface area (Å²) in [4.78, 5) is 7.50. The summed E-state index contributed by atoms with van der Waals surface area (Å²) in [5, 5.41) is 3.41. The molecule has 2 rings (SSSR count). The smallest absolute Gasteiger partial charge is 0.354 e. The van der Waals surface area contributed by atoms with Crippen molar-refractivity contribution >= 4 is 28.3 Å². The van der Waals surface area contributed by atoms with Gasteiger partial charge in [0.05, 0.1) is 6.04 Å². The standard InChI is InChI=1S/C11H10ClF3N4S/c1-5(16-10-17-6(2)19-20-10)7-3-4-8(11(13,14)15)18-9(7)12/h3-5H,1-2H3,(H,16,17,19). The summed E-state index contributed by atoms with van der Waals surface area (Å²) in [7, 11) is 0. The number of rotatable bonds is 3. The summed E-state index contributed by atoms with van der Waals surface area (Å²) < 4.78 is 41.5. The molecule has 0 aliphatic heterocycles. The van der Waals surface area contributed by atoms with E-state index in [9.17, 15) is 13.2 Å². The summed E-state index contributed by atoms with van der Waals surface area (Å²) >= 11 is 6.99. The Morgan fingerprint density at radius 3 is 2.50 bits per heavy atom. The third-order valence-electron chi connectivity index (χ3n) is 2.50. The van der Waals surface area contributed by atoms with Crippen LogP contribution in [0.5, 0.6) is 0 Å². The van der Waals surface area contributed by atoms with E-state index in [2.05, 4.69) is 19.7 Å². The molecule has 4 nitrogen and oxygen atoms in total. The number of pyridine rings is 1. The van der Waals surface area contributed by atoms with Gasteiger partial charge < -0.3 is 5.32 Å². The fraction of sp³-hybridized carbons (Fsp3) is 0.364. The average molecular weight is 323 g/mol. The molecule has 0 bridgehead atoms. The molecule has 108 valence electrons. The fourth-order valence-electron chi connectivity index (χ4n) is 1.54. The molecule has 0 aromatic carbocycles. The highest BCUT2D eigenvalue weighted by Crippen LogP contribution is 2.32. The van der Waals surface area contributed by atoms with Crippen molar-refractivity contribution < 1.29 is 13.2 Å². The summed E-state index contributed by atoms with van der Waals surface area (Å²) in [5.41, 5.74) is -0.544. The number of hydrogen-bond donors (Lipinski definition) is 1. The van der Waals surface area contributed by atoms with Gasteiger partial charge in [-0.3, -0.25) is 0 Å². The van der Waals surface area contributed by atoms with Crippen LogP contribution in [0.25, 0.3) is 0 Å². The lowest BCUT2D eigenvalue weighted by atomic mass is 10.1. The highest BCUT2D eigenvalue weighted by Gasteiger charge is 2.33. The van der Waals surface area contributed by atoms with E-state index in [1.54, 1.807) is 13.8 Å². The van der Waals surface area contributed by atoms with Crippen LogP contribution in [0.1, 0.15) is 30.0 Å². The Hall–Kier alpha value is -1.41. The predicted molar refractivity (Wildman–Crippen MR) is 70.9 cm³/mol. The van der Waals surface area contributed by atoms with Crippen molar-refractivity contribution in [3.8, 4) is 0 Å². The third-order valence-corrected chi connectivity index (χ3v) is 3.54. The second-order valence-corrected chi connectivity index (χ2v) is 5.20. The van der Waals surface area contributed by atoms with E-state index in [0.717, 1.165) is 6.07 Å². The van der Waals surface area contributed by atoms with Crippen molar-refractivity contribution in [2.45, 2.75) is 26.1 Å². The lowest BCUT2D eigenvalue weighted by molar-refractivity contribution is -0.141. The van der Waals surface area contributed by atoms with Crippen LogP contribution in [-0.4, -0.2) is 14.3 Å². The highest BCUT2D eigenvalue weighted by atomic mass is 35.5. The van der Waals surface area contributed by atoms with Crippen LogP contribution >= 0.6 is 23.1 Å². The zero-order chi connectivity index (χ0) is 14.9. The first-order chi connectivity index (χ1) is 9.27. The molecule has 0 spiro atoms. The van der Waals surface area contributed by atoms with E-state index in [1.807, 2.05) is 0 Å². The number of halogens is 4. The van der Waals surface area contributed by atoms with Crippen LogP contribution in [0.2, 0.25) is 5.15 Å². The Balaban J connectivity index is 2.20. The largest absolute Gasteiger partial charge is 0.433 e. The molecule has 0 fully saturated rings. The molecule has 9 heteroatoms. The second-order valence-electron chi connectivity index (χ2n) is 4.09. The van der Waals surface area contributed by atoms with Crippen LogP contribution in [0.4, 0.5) is 18.3 Å². The minimum atomic E-state index is -4.50. The normalized spacial score (nSPS) is 13.3. The van der Waals surface area contributed by atoms with Crippen LogP contribution in [-0.2, 0) is 6.18 Å². The number of aromatic nitrogens is 3. The lowest BCUT2D eigenvalue weighted by Crippen LogP contribution is -2.12. The SMILES string of the molecule is Cc1nsc(NC(C)c2ccc(C(F)(F)F)nc2Cl)n1. The molecule has 0 aliphatic carbocycles. The Kier molecular flexibility index (Phi) is 4.14. The van der Waals surface area contributed by atoms with Gasteiger partial charge in [0, 0.05) is 17.1 Å². The number of nitrogens with one attached hydrogen (secondary N) is 1. The Bertz CT molecular complexity index is 614. The minimum Gasteiger partial charge on any atom is -0.354 e. The first-order valence-electron chi connectivity index (χ1n) is 5.58. The minimum absolute atomic E-state index is 0.180. The molecule has 20 heavy (non-hydrogen) atoms. The molecular weight excluding hydrogens is 313 g/mol. The van der Waals surface area contributed by atoms with E-state index in [-0.39, 0.29) is 11.2 Å². The van der Waals surface area contributed by atoms with E-state index in [1.165, 1.54) is 17.6 Å². The topological polar surface area (TPSA) is 50.7 Å². The molecule has 2 heterocycles. The average Bonchev–Trinajstić information content (AvgIpc) is 2.73. The van der Waals surface area contributed by atoms with Gasteiger partial charge in [0.2, 0.25) is 5.13 Å². The van der Waals surface area contributed by atoms with E-state index in [0.29, 0.717) is 16.5 Å². The van der Waals surface area contributed by atoms with Gasteiger partial charge in [0.15, 0.2) is 0 Å². The van der Waals surface area contributed by atoms with E-state index in [4.69, 9.17) is 11.6 Å². The summed E-state index contributed by atoms with van der Waals surface area (Å²) in [6.45, 7) is 3.51. The number of anilines is 1. The fourth-order valence-corrected chi connectivity index (χ4v) is 2.52. The maximum atomic E-state index is 12.5. The van der Waals surface area contributed by atoms with Crippen molar-refractivity contribution in [2.24, 2.45) is 0 Å². The molecule has 0 radical (unpaired) electrons. The predicted octanol–water partition coefficient (Wildman–Crippen LogP) is 4.09. The van der Waals surface area contributed by atoms with E-state index >= 15 is 0 Å². The molecule has 0 aliphatic rings. The van der Waals surface area contributed by atoms with Gasteiger partial charge in [-0.2, -0.15) is 17.5 Å². The van der Waals surface area contributed by atoms with Crippen molar-refractivity contribution in [3.05, 3.63) is 34.4 Å². The van der Waals surface area contributed by atoms with Gasteiger partial charge in [-0.25, -0.2) is 9.97 Å². The summed E-state index contributed by atoms with van der Waals surface area (Å²) in [6.07, 6.45) is -4.50. The third kappa shape index (κ3) is 3.37. The highest BCUT2D eigenvalue weighted by molar-refractivity contribution is 7.09. The van der Waals surface area contributed by atoms with Gasteiger partial charge in [-0.1, -0.05) is 17.7 Å². The van der Waals surface area contributed by atoms with Crippen LogP contribution in [0.15, 0.2) is 12.1 Å². The quantitative estimate of drug-likeness (QED) is 0.865. The summed E-state index contributed by atoms with van der Waals surface area (Å²) in [5.74, 6) is 0.626. The molecule has 2 aromatic heterocycles. The van der Waals surface area contributed by atoms with Gasteiger partial charge >= 0.3 is 6.18 Å². The van der Waals surface area contributed by atoms with Gasteiger partial charge in [-0.15, -0.1) is 0 Å². The molecule has 1 N–H and O–H groups in total. The number of aryl methyl sites for hydroxylation is 1. The Labute approximate surface area is 122 Å². The van der Waals surface area contributed by atoms with Crippen LogP contribution in [0, 0.1) is 6.92 Å². The Morgan fingerprint density at radius 2 is 2.00 bits per heavy atom. The zero-order valence-corrected chi connectivity index (χ0v) is 12.1. The maximum Gasteiger partial charge on any atom is 0.433 e. The molecule has 0 saturated heterocycles. The van der Waals surface area contributed by atoms with Crippen LogP contribution < -0.4 is 5.32 Å². The van der Waals surface area contributed by atoms with Gasteiger partial charge in [-0.05, 0) is 19.9 Å². The number of nitrogens with zero attached hydrogens (tertiary/aromatic N) is 3.